The molecule has 2 heterocycles. The Bertz CT molecular complexity index is 703. The standard InChI is InChI=1S/C14H19N7O2S/c15-21-13(18-17-10-4-1-2-5-10)19-20-14(21)24-9-12(22)16-8-11-6-3-7-23-11/h3,6-7H,1-2,4-5,8-9,15H2,(H,16,22)(H,18,19). The molecule has 0 aromatic carbocycles. The van der Waals surface area contributed by atoms with Gasteiger partial charge in [0.1, 0.15) is 5.76 Å². The van der Waals surface area contributed by atoms with E-state index in [4.69, 9.17) is 10.3 Å². The van der Waals surface area contributed by atoms with E-state index < -0.39 is 0 Å². The Kier molecular flexibility index (Phi) is 5.36. The second kappa shape index (κ2) is 7.86. The summed E-state index contributed by atoms with van der Waals surface area (Å²) in [5.74, 6) is 7.02. The lowest BCUT2D eigenvalue weighted by Crippen LogP contribution is -2.24. The number of rotatable bonds is 7. The largest absolute Gasteiger partial charge is 0.467 e. The number of carbonyl (C=O) groups is 1. The first-order valence-electron chi connectivity index (χ1n) is 7.66. The highest BCUT2D eigenvalue weighted by atomic mass is 32.2. The summed E-state index contributed by atoms with van der Waals surface area (Å²) in [7, 11) is 0. The first kappa shape index (κ1) is 16.4. The first-order chi connectivity index (χ1) is 11.7. The fraction of sp³-hybridized carbons (Fsp3) is 0.429. The number of hydrazone groups is 1. The van der Waals surface area contributed by atoms with Crippen molar-refractivity contribution in [2.24, 2.45) is 5.10 Å². The van der Waals surface area contributed by atoms with Gasteiger partial charge in [-0.15, -0.1) is 10.2 Å². The van der Waals surface area contributed by atoms with E-state index in [1.807, 2.05) is 0 Å². The Hall–Kier alpha value is -2.49. The van der Waals surface area contributed by atoms with Crippen molar-refractivity contribution in [2.75, 3.05) is 17.0 Å². The molecule has 1 saturated carbocycles. The Morgan fingerprint density at radius 1 is 1.42 bits per heavy atom. The van der Waals surface area contributed by atoms with Crippen LogP contribution in [-0.4, -0.2) is 32.2 Å². The van der Waals surface area contributed by atoms with Crippen LogP contribution < -0.4 is 16.6 Å². The summed E-state index contributed by atoms with van der Waals surface area (Å²) in [5.41, 5.74) is 3.95. The van der Waals surface area contributed by atoms with Crippen molar-refractivity contribution in [3.05, 3.63) is 24.2 Å². The predicted molar refractivity (Wildman–Crippen MR) is 91.0 cm³/mol. The molecule has 1 aliphatic carbocycles. The molecule has 2 aromatic rings. The maximum atomic E-state index is 11.8. The SMILES string of the molecule is Nn1c(NN=C2CCCC2)nnc1SCC(=O)NCc1ccco1. The summed E-state index contributed by atoms with van der Waals surface area (Å²) >= 11 is 1.20. The second-order valence-electron chi connectivity index (χ2n) is 5.32. The van der Waals surface area contributed by atoms with Crippen molar-refractivity contribution >= 4 is 29.3 Å². The van der Waals surface area contributed by atoms with Crippen LogP contribution in [0.15, 0.2) is 33.1 Å². The zero-order valence-corrected chi connectivity index (χ0v) is 13.9. The molecule has 0 aliphatic heterocycles. The summed E-state index contributed by atoms with van der Waals surface area (Å²) < 4.78 is 6.44. The van der Waals surface area contributed by atoms with E-state index in [9.17, 15) is 4.79 Å². The highest BCUT2D eigenvalue weighted by Gasteiger charge is 2.13. The van der Waals surface area contributed by atoms with E-state index in [2.05, 4.69) is 26.0 Å². The fourth-order valence-electron chi connectivity index (χ4n) is 2.26. The molecular weight excluding hydrogens is 330 g/mol. The lowest BCUT2D eigenvalue weighted by atomic mass is 10.3. The topological polar surface area (TPSA) is 123 Å². The third kappa shape index (κ3) is 4.28. The Labute approximate surface area is 143 Å². The molecule has 10 heteroatoms. The molecule has 1 aliphatic rings. The van der Waals surface area contributed by atoms with Gasteiger partial charge in [-0.3, -0.25) is 4.79 Å². The molecule has 0 radical (unpaired) electrons. The molecule has 0 atom stereocenters. The lowest BCUT2D eigenvalue weighted by molar-refractivity contribution is -0.118. The lowest BCUT2D eigenvalue weighted by Gasteiger charge is -2.04. The number of nitrogen functional groups attached to an aromatic ring is 1. The van der Waals surface area contributed by atoms with E-state index in [1.165, 1.54) is 29.3 Å². The Morgan fingerprint density at radius 2 is 2.25 bits per heavy atom. The van der Waals surface area contributed by atoms with Crippen LogP contribution in [0.2, 0.25) is 0 Å². The van der Waals surface area contributed by atoms with Gasteiger partial charge >= 0.3 is 0 Å². The number of amides is 1. The summed E-state index contributed by atoms with van der Waals surface area (Å²) in [4.78, 5) is 11.8. The molecule has 0 bridgehead atoms. The number of anilines is 1. The van der Waals surface area contributed by atoms with E-state index >= 15 is 0 Å². The highest BCUT2D eigenvalue weighted by Crippen LogP contribution is 2.18. The van der Waals surface area contributed by atoms with Gasteiger partial charge in [0.05, 0.1) is 18.6 Å². The maximum Gasteiger partial charge on any atom is 0.264 e. The van der Waals surface area contributed by atoms with Crippen molar-refractivity contribution < 1.29 is 9.21 Å². The van der Waals surface area contributed by atoms with Crippen LogP contribution in [-0.2, 0) is 11.3 Å². The molecule has 2 aromatic heterocycles. The summed E-state index contributed by atoms with van der Waals surface area (Å²) in [6, 6.07) is 3.57. The van der Waals surface area contributed by atoms with Crippen molar-refractivity contribution in [3.8, 4) is 0 Å². The second-order valence-corrected chi connectivity index (χ2v) is 6.26. The van der Waals surface area contributed by atoms with Gasteiger partial charge in [-0.2, -0.15) is 5.10 Å². The molecule has 1 amide bonds. The van der Waals surface area contributed by atoms with Gasteiger partial charge in [0.15, 0.2) is 0 Å². The third-order valence-corrected chi connectivity index (χ3v) is 4.47. The number of hydrogen-bond donors (Lipinski definition) is 3. The zero-order valence-electron chi connectivity index (χ0n) is 13.1. The van der Waals surface area contributed by atoms with Gasteiger partial charge in [-0.25, -0.2) is 10.1 Å². The van der Waals surface area contributed by atoms with Gasteiger partial charge in [0.2, 0.25) is 11.1 Å². The summed E-state index contributed by atoms with van der Waals surface area (Å²) in [5, 5.41) is 15.4. The average Bonchev–Trinajstić information content (AvgIpc) is 3.32. The van der Waals surface area contributed by atoms with Crippen molar-refractivity contribution in [2.45, 2.75) is 37.4 Å². The van der Waals surface area contributed by atoms with Crippen molar-refractivity contribution in [3.63, 3.8) is 0 Å². The number of aromatic nitrogens is 3. The van der Waals surface area contributed by atoms with Gasteiger partial charge in [0.25, 0.3) is 5.95 Å². The van der Waals surface area contributed by atoms with E-state index in [1.54, 1.807) is 18.4 Å². The highest BCUT2D eigenvalue weighted by molar-refractivity contribution is 7.99. The molecule has 0 saturated heterocycles. The number of furan rings is 1. The molecule has 4 N–H and O–H groups in total. The van der Waals surface area contributed by atoms with E-state index in [-0.39, 0.29) is 11.7 Å². The number of nitrogens with two attached hydrogens (primary N) is 1. The van der Waals surface area contributed by atoms with Crippen molar-refractivity contribution in [1.82, 2.24) is 20.2 Å². The van der Waals surface area contributed by atoms with Crippen LogP contribution in [0.5, 0.6) is 0 Å². The average molecular weight is 349 g/mol. The van der Waals surface area contributed by atoms with Crippen LogP contribution in [0.1, 0.15) is 31.4 Å². The van der Waals surface area contributed by atoms with Crippen LogP contribution in [0, 0.1) is 0 Å². The quantitative estimate of drug-likeness (QED) is 0.391. The van der Waals surface area contributed by atoms with Gasteiger partial charge in [0, 0.05) is 5.71 Å². The molecule has 0 spiro atoms. The summed E-state index contributed by atoms with van der Waals surface area (Å²) in [6.07, 6.45) is 5.91. The molecule has 1 fully saturated rings. The minimum Gasteiger partial charge on any atom is -0.467 e. The maximum absolute atomic E-state index is 11.8. The molecule has 24 heavy (non-hydrogen) atoms. The zero-order chi connectivity index (χ0) is 16.8. The Balaban J connectivity index is 1.46. The molecule has 0 unspecified atom stereocenters. The minimum absolute atomic E-state index is 0.139. The number of nitrogens with zero attached hydrogens (tertiary/aromatic N) is 4. The normalized spacial score (nSPS) is 13.9. The minimum atomic E-state index is -0.139. The molecule has 9 nitrogen and oxygen atoms in total. The number of hydrogen-bond acceptors (Lipinski definition) is 8. The van der Waals surface area contributed by atoms with Crippen molar-refractivity contribution in [1.29, 1.82) is 0 Å². The van der Waals surface area contributed by atoms with Gasteiger partial charge in [-0.1, -0.05) is 11.8 Å². The fourth-order valence-corrected chi connectivity index (χ4v) is 2.94. The van der Waals surface area contributed by atoms with Crippen LogP contribution in [0.3, 0.4) is 0 Å². The smallest absolute Gasteiger partial charge is 0.264 e. The van der Waals surface area contributed by atoms with Crippen LogP contribution in [0.4, 0.5) is 5.95 Å². The first-order valence-corrected chi connectivity index (χ1v) is 8.65. The summed E-state index contributed by atoms with van der Waals surface area (Å²) in [6.45, 7) is 0.353. The number of carbonyl (C=O) groups excluding carboxylic acids is 1. The van der Waals surface area contributed by atoms with Gasteiger partial charge in [-0.05, 0) is 37.8 Å². The predicted octanol–water partition coefficient (Wildman–Crippen LogP) is 1.34. The van der Waals surface area contributed by atoms with E-state index in [0.717, 1.165) is 18.6 Å². The monoisotopic (exact) mass is 349 g/mol. The number of thioether (sulfide) groups is 1. The third-order valence-electron chi connectivity index (χ3n) is 3.53. The van der Waals surface area contributed by atoms with Gasteiger partial charge < -0.3 is 15.6 Å². The van der Waals surface area contributed by atoms with E-state index in [0.29, 0.717) is 23.4 Å². The Morgan fingerprint density at radius 3 is 3.00 bits per heavy atom. The molecule has 3 rings (SSSR count). The van der Waals surface area contributed by atoms with Crippen LogP contribution >= 0.6 is 11.8 Å². The number of nitrogens with one attached hydrogen (secondary N) is 2. The molecule has 128 valence electrons. The molecular formula is C14H19N7O2S. The van der Waals surface area contributed by atoms with Crippen LogP contribution in [0.25, 0.3) is 0 Å².